The molecule has 6 rings (SSSR count). The monoisotopic (exact) mass is 865 g/mol. The maximum absolute atomic E-state index is 13.0. The Morgan fingerprint density at radius 3 is 1.20 bits per heavy atom. The maximum Gasteiger partial charge on any atom is 0.430 e. The number of carboxylic acids is 1. The van der Waals surface area contributed by atoms with Gasteiger partial charge in [0.25, 0.3) is 17.1 Å². The van der Waals surface area contributed by atoms with Crippen molar-refractivity contribution < 1.29 is 77.6 Å². The summed E-state index contributed by atoms with van der Waals surface area (Å²) in [5, 5.41) is 27.9. The van der Waals surface area contributed by atoms with E-state index < -0.39 is 53.0 Å². The second-order valence-electron chi connectivity index (χ2n) is 14.3. The Morgan fingerprint density at radius 2 is 0.883 bits per heavy atom. The van der Waals surface area contributed by atoms with Crippen molar-refractivity contribution in [1.82, 2.24) is 4.90 Å². The summed E-state index contributed by atoms with van der Waals surface area (Å²) in [4.78, 5) is 28.4. The average Bonchev–Trinajstić information content (AvgIpc) is 3.75. The molecular weight excluding hydrogens is 830 g/mol. The first kappa shape index (κ1) is 45.6. The molecule has 0 saturated carbocycles. The first-order valence-electron chi connectivity index (χ1n) is 17.7. The molecule has 0 unspecified atom stereocenters. The molecule has 4 aromatic carbocycles. The quantitative estimate of drug-likeness (QED) is 0.153. The number of fused-ring (bicyclic) bond motifs is 2. The second kappa shape index (κ2) is 16.2. The number of hydrogen-bond acceptors (Lipinski definition) is 6. The molecule has 20 heteroatoms. The van der Waals surface area contributed by atoms with Crippen LogP contribution in [0.3, 0.4) is 0 Å². The highest BCUT2D eigenvalue weighted by Crippen LogP contribution is 2.51. The lowest BCUT2D eigenvalue weighted by atomic mass is 9.91. The standard InChI is InChI=1S/C21H20F6N2O2.C19H15F6NO3/c1-28(2)18(30)15-5-8-17-14(11-15)9-10-29(17)12-13-3-6-16(7-4-13)19(31,20(22,23)24)21(25,26)27;20-18(21,22)17(29,19(23,24)25)14-4-1-11(2-5-14)10-26-8-7-12-9-13(16(27)28)3-6-15(12)26/h3-8,11,31H,9-10,12H2,1-2H3;1-6,9,29H,7-8,10H2,(H,27,28). The van der Waals surface area contributed by atoms with E-state index in [1.165, 1.54) is 17.0 Å². The van der Waals surface area contributed by atoms with Gasteiger partial charge in [-0.2, -0.15) is 52.7 Å². The predicted molar refractivity (Wildman–Crippen MR) is 192 cm³/mol. The lowest BCUT2D eigenvalue weighted by molar-refractivity contribution is -0.376. The summed E-state index contributed by atoms with van der Waals surface area (Å²) >= 11 is 0. The lowest BCUT2D eigenvalue weighted by Gasteiger charge is -2.32. The summed E-state index contributed by atoms with van der Waals surface area (Å²) in [5.74, 6) is -1.21. The summed E-state index contributed by atoms with van der Waals surface area (Å²) in [5.41, 5.74) is -7.56. The number of hydrogen-bond donors (Lipinski definition) is 3. The molecule has 2 heterocycles. The molecule has 324 valence electrons. The molecule has 0 radical (unpaired) electrons. The zero-order valence-electron chi connectivity index (χ0n) is 31.4. The molecule has 0 spiro atoms. The molecule has 60 heavy (non-hydrogen) atoms. The molecule has 0 saturated heterocycles. The molecule has 2 aliphatic heterocycles. The fourth-order valence-electron chi connectivity index (χ4n) is 6.91. The molecule has 0 aromatic heterocycles. The molecule has 0 atom stereocenters. The van der Waals surface area contributed by atoms with Crippen LogP contribution in [0.2, 0.25) is 0 Å². The van der Waals surface area contributed by atoms with Gasteiger partial charge in [0, 0.05) is 68.3 Å². The Morgan fingerprint density at radius 1 is 0.550 bits per heavy atom. The van der Waals surface area contributed by atoms with Crippen LogP contribution in [0.4, 0.5) is 64.1 Å². The first-order chi connectivity index (χ1) is 27.6. The highest BCUT2D eigenvalue weighted by atomic mass is 19.4. The molecule has 1 amide bonds. The van der Waals surface area contributed by atoms with Crippen molar-refractivity contribution in [1.29, 1.82) is 0 Å². The molecule has 2 aliphatic rings. The second-order valence-corrected chi connectivity index (χ2v) is 14.3. The van der Waals surface area contributed by atoms with Crippen molar-refractivity contribution in [2.24, 2.45) is 0 Å². The number of benzene rings is 4. The number of aliphatic hydroxyl groups is 2. The largest absolute Gasteiger partial charge is 0.478 e. The number of rotatable bonds is 8. The smallest absolute Gasteiger partial charge is 0.430 e. The van der Waals surface area contributed by atoms with E-state index in [4.69, 9.17) is 5.11 Å². The Labute approximate surface area is 333 Å². The Hall–Kier alpha value is -5.50. The molecular formula is C40H35F12N3O5. The predicted octanol–water partition coefficient (Wildman–Crippen LogP) is 8.52. The van der Waals surface area contributed by atoms with E-state index in [1.807, 2.05) is 9.80 Å². The normalized spacial score (nSPS) is 14.7. The minimum Gasteiger partial charge on any atom is -0.478 e. The molecule has 0 bridgehead atoms. The van der Waals surface area contributed by atoms with Crippen molar-refractivity contribution in [3.63, 3.8) is 0 Å². The zero-order valence-corrected chi connectivity index (χ0v) is 31.4. The summed E-state index contributed by atoms with van der Waals surface area (Å²) in [6.07, 6.45) is -22.5. The molecule has 3 N–H and O–H groups in total. The van der Waals surface area contributed by atoms with E-state index in [-0.39, 0.29) is 24.6 Å². The van der Waals surface area contributed by atoms with Crippen LogP contribution in [0, 0.1) is 0 Å². The minimum absolute atomic E-state index is 0.133. The highest BCUT2D eigenvalue weighted by molar-refractivity contribution is 5.94. The van der Waals surface area contributed by atoms with E-state index in [9.17, 15) is 72.5 Å². The molecule has 0 aliphatic carbocycles. The van der Waals surface area contributed by atoms with Gasteiger partial charge in [0.05, 0.1) is 5.56 Å². The number of nitrogens with zero attached hydrogens (tertiary/aromatic N) is 3. The third-order valence-corrected chi connectivity index (χ3v) is 10.2. The van der Waals surface area contributed by atoms with E-state index in [0.717, 1.165) is 46.8 Å². The summed E-state index contributed by atoms with van der Waals surface area (Å²) in [6, 6.07) is 16.8. The van der Waals surface area contributed by atoms with Crippen molar-refractivity contribution in [3.8, 4) is 0 Å². The highest BCUT2D eigenvalue weighted by Gasteiger charge is 2.72. The Bertz CT molecular complexity index is 2170. The number of carbonyl (C=O) groups is 2. The zero-order chi connectivity index (χ0) is 44.8. The fraction of sp³-hybridized carbons (Fsp3) is 0.350. The van der Waals surface area contributed by atoms with Crippen LogP contribution in [0.25, 0.3) is 0 Å². The van der Waals surface area contributed by atoms with Crippen LogP contribution in [0.15, 0.2) is 84.9 Å². The number of alkyl halides is 12. The Kier molecular flexibility index (Phi) is 12.3. The number of carbonyl (C=O) groups excluding carboxylic acids is 1. The van der Waals surface area contributed by atoms with Crippen molar-refractivity contribution in [2.75, 3.05) is 37.0 Å². The number of anilines is 2. The van der Waals surface area contributed by atoms with Crippen LogP contribution in [-0.4, -0.2) is 84.0 Å². The maximum atomic E-state index is 13.0. The molecule has 0 fully saturated rings. The van der Waals surface area contributed by atoms with E-state index in [2.05, 4.69) is 0 Å². The van der Waals surface area contributed by atoms with Gasteiger partial charge in [-0.1, -0.05) is 48.5 Å². The van der Waals surface area contributed by atoms with Crippen LogP contribution in [-0.2, 0) is 37.1 Å². The van der Waals surface area contributed by atoms with E-state index in [1.54, 1.807) is 38.4 Å². The molecule has 8 nitrogen and oxygen atoms in total. The summed E-state index contributed by atoms with van der Waals surface area (Å²) in [6.45, 7) is 1.57. The third kappa shape index (κ3) is 8.70. The topological polar surface area (TPSA) is 105 Å². The van der Waals surface area contributed by atoms with Gasteiger partial charge >= 0.3 is 30.7 Å². The minimum atomic E-state index is -5.93. The SMILES string of the molecule is CN(C)C(=O)c1ccc2c(c1)CCN2Cc1ccc(C(O)(C(F)(F)F)C(F)(F)F)cc1.O=C(O)c1ccc2c(c1)CCN2Cc1ccc(C(O)(C(F)(F)F)C(F)(F)F)cc1. The van der Waals surface area contributed by atoms with Crippen LogP contribution < -0.4 is 9.80 Å². The van der Waals surface area contributed by atoms with Gasteiger partial charge < -0.3 is 30.0 Å². The van der Waals surface area contributed by atoms with E-state index >= 15 is 0 Å². The number of aromatic carboxylic acids is 1. The summed E-state index contributed by atoms with van der Waals surface area (Å²) < 4.78 is 156. The number of amides is 1. The van der Waals surface area contributed by atoms with Crippen LogP contribution in [0.5, 0.6) is 0 Å². The molecule has 4 aromatic rings. The van der Waals surface area contributed by atoms with Gasteiger partial charge in [-0.05, 0) is 71.5 Å². The van der Waals surface area contributed by atoms with Crippen molar-refractivity contribution in [3.05, 3.63) is 129 Å². The van der Waals surface area contributed by atoms with Gasteiger partial charge in [-0.15, -0.1) is 0 Å². The van der Waals surface area contributed by atoms with Gasteiger partial charge in [0.2, 0.25) is 0 Å². The number of carboxylic acid groups (broad SMARTS) is 1. The average molecular weight is 866 g/mol. The van der Waals surface area contributed by atoms with Gasteiger partial charge in [-0.25, -0.2) is 4.79 Å². The lowest BCUT2D eigenvalue weighted by Crippen LogP contribution is -2.53. The van der Waals surface area contributed by atoms with Crippen molar-refractivity contribution in [2.45, 2.75) is 61.8 Å². The van der Waals surface area contributed by atoms with Crippen LogP contribution >= 0.6 is 0 Å². The van der Waals surface area contributed by atoms with E-state index in [0.29, 0.717) is 66.9 Å². The van der Waals surface area contributed by atoms with Crippen molar-refractivity contribution >= 4 is 23.3 Å². The third-order valence-electron chi connectivity index (χ3n) is 10.2. The first-order valence-corrected chi connectivity index (χ1v) is 17.7. The van der Waals surface area contributed by atoms with Gasteiger partial charge in [0.15, 0.2) is 0 Å². The fourth-order valence-corrected chi connectivity index (χ4v) is 6.91. The Balaban J connectivity index is 0.000000228. The number of halogens is 12. The van der Waals surface area contributed by atoms with Gasteiger partial charge in [0.1, 0.15) is 0 Å². The summed E-state index contributed by atoms with van der Waals surface area (Å²) in [7, 11) is 3.29. The van der Waals surface area contributed by atoms with Crippen LogP contribution in [0.1, 0.15) is 54.1 Å². The van der Waals surface area contributed by atoms with Gasteiger partial charge in [-0.3, -0.25) is 4.79 Å².